The second-order valence-corrected chi connectivity index (χ2v) is 6.44. The zero-order valence-corrected chi connectivity index (χ0v) is 14.7. The number of benzene rings is 2. The molecule has 0 bridgehead atoms. The van der Waals surface area contributed by atoms with Crippen molar-refractivity contribution in [3.63, 3.8) is 0 Å². The molecule has 0 aliphatic rings. The molecule has 6 heteroatoms. The Hall–Kier alpha value is -3.41. The highest BCUT2D eigenvalue weighted by Gasteiger charge is 2.20. The lowest BCUT2D eigenvalue weighted by Gasteiger charge is -2.10. The number of aryl methyl sites for hydroxylation is 1. The summed E-state index contributed by atoms with van der Waals surface area (Å²) >= 11 is 0. The average Bonchev–Trinajstić information content (AvgIpc) is 3.32. The molecule has 0 aliphatic carbocycles. The first-order valence-corrected chi connectivity index (χ1v) is 8.70. The predicted octanol–water partition coefficient (Wildman–Crippen LogP) is 4.48. The number of halogens is 1. The third-order valence-electron chi connectivity index (χ3n) is 4.80. The van der Waals surface area contributed by atoms with Crippen molar-refractivity contribution in [1.29, 1.82) is 0 Å². The monoisotopic (exact) mass is 363 g/mol. The van der Waals surface area contributed by atoms with Gasteiger partial charge in [0.2, 0.25) is 0 Å². The Morgan fingerprint density at radius 2 is 1.96 bits per heavy atom. The van der Waals surface area contributed by atoms with E-state index in [9.17, 15) is 14.3 Å². The maximum Gasteiger partial charge on any atom is 0.337 e. The van der Waals surface area contributed by atoms with Crippen LogP contribution < -0.4 is 0 Å². The first-order chi connectivity index (χ1) is 13.1. The molecule has 2 heterocycles. The fraction of sp³-hybridized carbons (Fsp3) is 0.143. The molecule has 0 atom stereocenters. The van der Waals surface area contributed by atoms with Gasteiger partial charge in [0.25, 0.3) is 0 Å². The van der Waals surface area contributed by atoms with E-state index in [1.165, 1.54) is 12.3 Å². The van der Waals surface area contributed by atoms with Gasteiger partial charge in [0, 0.05) is 24.5 Å². The number of nitrogens with zero attached hydrogens (tertiary/aromatic N) is 2. The third kappa shape index (κ3) is 2.99. The summed E-state index contributed by atoms with van der Waals surface area (Å²) in [4.78, 5) is 11.6. The quantitative estimate of drug-likeness (QED) is 0.549. The Kier molecular flexibility index (Phi) is 4.24. The number of hydrogen-bond donors (Lipinski definition) is 2. The molecule has 0 saturated carbocycles. The van der Waals surface area contributed by atoms with E-state index >= 15 is 0 Å². The number of carbonyl (C=O) groups is 1. The molecule has 2 aromatic heterocycles. The Labute approximate surface area is 155 Å². The SMILES string of the molecule is CCc1ccc(F)c2c(C(=O)O)cn(Cc3ccc(-c4cn[nH]c4)cc3)c12. The van der Waals surface area contributed by atoms with E-state index in [0.717, 1.165) is 22.3 Å². The summed E-state index contributed by atoms with van der Waals surface area (Å²) < 4.78 is 16.2. The van der Waals surface area contributed by atoms with E-state index in [1.807, 2.05) is 42.0 Å². The van der Waals surface area contributed by atoms with Gasteiger partial charge >= 0.3 is 5.97 Å². The summed E-state index contributed by atoms with van der Waals surface area (Å²) in [6, 6.07) is 11.0. The van der Waals surface area contributed by atoms with Gasteiger partial charge in [-0.1, -0.05) is 37.3 Å². The smallest absolute Gasteiger partial charge is 0.337 e. The zero-order valence-electron chi connectivity index (χ0n) is 14.7. The van der Waals surface area contributed by atoms with Gasteiger partial charge in [-0.3, -0.25) is 5.10 Å². The van der Waals surface area contributed by atoms with E-state index in [4.69, 9.17) is 0 Å². The second kappa shape index (κ2) is 6.72. The van der Waals surface area contributed by atoms with E-state index < -0.39 is 11.8 Å². The van der Waals surface area contributed by atoms with E-state index in [2.05, 4.69) is 10.2 Å². The van der Waals surface area contributed by atoms with E-state index in [0.29, 0.717) is 18.5 Å². The van der Waals surface area contributed by atoms with Crippen molar-refractivity contribution < 1.29 is 14.3 Å². The molecule has 5 nitrogen and oxygen atoms in total. The summed E-state index contributed by atoms with van der Waals surface area (Å²) in [6.45, 7) is 2.44. The van der Waals surface area contributed by atoms with Gasteiger partial charge in [0.05, 0.1) is 22.7 Å². The number of carboxylic acids is 1. The highest BCUT2D eigenvalue weighted by molar-refractivity contribution is 6.04. The number of hydrogen-bond acceptors (Lipinski definition) is 2. The van der Waals surface area contributed by atoms with Crippen LogP contribution in [0.4, 0.5) is 4.39 Å². The van der Waals surface area contributed by atoms with Gasteiger partial charge in [-0.2, -0.15) is 5.10 Å². The average molecular weight is 363 g/mol. The van der Waals surface area contributed by atoms with Crippen LogP contribution in [0.25, 0.3) is 22.0 Å². The normalized spacial score (nSPS) is 11.2. The molecule has 136 valence electrons. The minimum atomic E-state index is -1.12. The lowest BCUT2D eigenvalue weighted by atomic mass is 10.1. The molecule has 0 amide bonds. The Balaban J connectivity index is 1.78. The summed E-state index contributed by atoms with van der Waals surface area (Å²) in [5, 5.41) is 16.4. The zero-order chi connectivity index (χ0) is 19.0. The van der Waals surface area contributed by atoms with Gasteiger partial charge in [0.1, 0.15) is 5.82 Å². The van der Waals surface area contributed by atoms with Crippen molar-refractivity contribution in [1.82, 2.24) is 14.8 Å². The van der Waals surface area contributed by atoms with Crippen LogP contribution in [0.2, 0.25) is 0 Å². The lowest BCUT2D eigenvalue weighted by Crippen LogP contribution is -2.00. The Bertz CT molecular complexity index is 1110. The van der Waals surface area contributed by atoms with E-state index in [-0.39, 0.29) is 10.9 Å². The number of aromatic nitrogens is 3. The summed E-state index contributed by atoms with van der Waals surface area (Å²) in [5.74, 6) is -1.63. The van der Waals surface area contributed by atoms with Crippen LogP contribution in [-0.2, 0) is 13.0 Å². The van der Waals surface area contributed by atoms with Gasteiger partial charge in [-0.15, -0.1) is 0 Å². The van der Waals surface area contributed by atoms with Gasteiger partial charge < -0.3 is 9.67 Å². The molecule has 0 aliphatic heterocycles. The lowest BCUT2D eigenvalue weighted by molar-refractivity contribution is 0.0698. The highest BCUT2D eigenvalue weighted by atomic mass is 19.1. The maximum absolute atomic E-state index is 14.4. The van der Waals surface area contributed by atoms with E-state index in [1.54, 1.807) is 12.3 Å². The summed E-state index contributed by atoms with van der Waals surface area (Å²) in [5.41, 5.74) is 4.60. The van der Waals surface area contributed by atoms with Gasteiger partial charge in [0.15, 0.2) is 0 Å². The number of H-pyrrole nitrogens is 1. The minimum absolute atomic E-state index is 0.00665. The molecule has 2 aromatic carbocycles. The van der Waals surface area contributed by atoms with Gasteiger partial charge in [-0.25, -0.2) is 9.18 Å². The van der Waals surface area contributed by atoms with Crippen molar-refractivity contribution in [3.05, 3.63) is 77.5 Å². The van der Waals surface area contributed by atoms with Crippen LogP contribution in [-0.4, -0.2) is 25.8 Å². The number of rotatable bonds is 5. The summed E-state index contributed by atoms with van der Waals surface area (Å²) in [7, 11) is 0. The molecule has 27 heavy (non-hydrogen) atoms. The first-order valence-electron chi connectivity index (χ1n) is 8.70. The fourth-order valence-electron chi connectivity index (χ4n) is 3.46. The van der Waals surface area contributed by atoms with Crippen LogP contribution in [0.3, 0.4) is 0 Å². The largest absolute Gasteiger partial charge is 0.478 e. The number of aromatic carboxylic acids is 1. The van der Waals surface area contributed by atoms with Crippen molar-refractivity contribution in [2.24, 2.45) is 0 Å². The van der Waals surface area contributed by atoms with Crippen molar-refractivity contribution in [2.45, 2.75) is 19.9 Å². The predicted molar refractivity (Wildman–Crippen MR) is 101 cm³/mol. The van der Waals surface area contributed by atoms with Crippen LogP contribution in [0.15, 0.2) is 55.0 Å². The van der Waals surface area contributed by atoms with Crippen LogP contribution in [0.5, 0.6) is 0 Å². The fourth-order valence-corrected chi connectivity index (χ4v) is 3.46. The molecule has 0 fully saturated rings. The third-order valence-corrected chi connectivity index (χ3v) is 4.80. The van der Waals surface area contributed by atoms with Crippen molar-refractivity contribution in [2.75, 3.05) is 0 Å². The Morgan fingerprint density at radius 1 is 1.19 bits per heavy atom. The summed E-state index contributed by atoms with van der Waals surface area (Å²) in [6.07, 6.45) is 5.80. The molecule has 4 aromatic rings. The number of aromatic amines is 1. The molecular formula is C21H18FN3O2. The molecule has 0 unspecified atom stereocenters. The molecule has 0 spiro atoms. The van der Waals surface area contributed by atoms with Crippen LogP contribution >= 0.6 is 0 Å². The number of carboxylic acid groups (broad SMARTS) is 1. The molecule has 0 saturated heterocycles. The number of fused-ring (bicyclic) bond motifs is 1. The van der Waals surface area contributed by atoms with Crippen molar-refractivity contribution in [3.8, 4) is 11.1 Å². The minimum Gasteiger partial charge on any atom is -0.478 e. The highest BCUT2D eigenvalue weighted by Crippen LogP contribution is 2.29. The van der Waals surface area contributed by atoms with Gasteiger partial charge in [-0.05, 0) is 29.2 Å². The standard InChI is InChI=1S/C21H18FN3O2/c1-2-14-7-8-18(22)19-17(21(26)27)12-25(20(14)19)11-13-3-5-15(6-4-13)16-9-23-24-10-16/h3-10,12H,2,11H2,1H3,(H,23,24)(H,26,27). The molecular weight excluding hydrogens is 345 g/mol. The number of nitrogens with one attached hydrogen (secondary N) is 1. The second-order valence-electron chi connectivity index (χ2n) is 6.44. The Morgan fingerprint density at radius 3 is 2.59 bits per heavy atom. The van der Waals surface area contributed by atoms with Crippen LogP contribution in [0.1, 0.15) is 28.4 Å². The van der Waals surface area contributed by atoms with Crippen LogP contribution in [0, 0.1) is 5.82 Å². The molecule has 4 rings (SSSR count). The topological polar surface area (TPSA) is 70.9 Å². The first kappa shape index (κ1) is 17.0. The van der Waals surface area contributed by atoms with Crippen molar-refractivity contribution >= 4 is 16.9 Å². The molecule has 2 N–H and O–H groups in total. The maximum atomic E-state index is 14.4. The molecule has 0 radical (unpaired) electrons.